The van der Waals surface area contributed by atoms with E-state index in [0.29, 0.717) is 6.42 Å². The number of carbonyl (C=O) groups is 3. The molecule has 0 heterocycles. The lowest BCUT2D eigenvalue weighted by molar-refractivity contribution is -0.140. The predicted molar refractivity (Wildman–Crippen MR) is 70.4 cm³/mol. The van der Waals surface area contributed by atoms with Crippen LogP contribution in [0.4, 0.5) is 0 Å². The van der Waals surface area contributed by atoms with Gasteiger partial charge in [-0.2, -0.15) is 0 Å². The first-order chi connectivity index (χ1) is 9.43. The van der Waals surface area contributed by atoms with Gasteiger partial charge in [0.25, 0.3) is 0 Å². The van der Waals surface area contributed by atoms with Crippen LogP contribution < -0.4 is 0 Å². The Balaban J connectivity index is 3.01. The van der Waals surface area contributed by atoms with Crippen molar-refractivity contribution in [3.63, 3.8) is 0 Å². The third-order valence-electron chi connectivity index (χ3n) is 2.60. The summed E-state index contributed by atoms with van der Waals surface area (Å²) in [5.74, 6) is -2.68. The lowest BCUT2D eigenvalue weighted by Crippen LogP contribution is -2.04. The molecule has 0 saturated heterocycles. The maximum Gasteiger partial charge on any atom is 0.336 e. The molecule has 0 amide bonds. The quantitative estimate of drug-likeness (QED) is 0.605. The van der Waals surface area contributed by atoms with Gasteiger partial charge in [0.15, 0.2) is 0 Å². The van der Waals surface area contributed by atoms with Gasteiger partial charge in [0.1, 0.15) is 0 Å². The Kier molecular flexibility index (Phi) is 5.46. The standard InChI is InChI=1S/C14H14O6/c1-20-13(17)7-3-9-2-5-11(14(18)19)10(8-9)4-6-12(15)16/h2,4-6,8H,3,7H2,1H3,(H,15,16)(H,18,19). The molecule has 0 saturated carbocycles. The number of hydrogen-bond donors (Lipinski definition) is 2. The third-order valence-corrected chi connectivity index (χ3v) is 2.60. The van der Waals surface area contributed by atoms with E-state index in [2.05, 4.69) is 4.74 Å². The molecular formula is C14H14O6. The summed E-state index contributed by atoms with van der Waals surface area (Å²) in [6, 6.07) is 4.52. The number of esters is 1. The monoisotopic (exact) mass is 278 g/mol. The largest absolute Gasteiger partial charge is 0.478 e. The Hall–Kier alpha value is -2.63. The number of rotatable bonds is 6. The van der Waals surface area contributed by atoms with Crippen LogP contribution >= 0.6 is 0 Å². The first-order valence-electron chi connectivity index (χ1n) is 5.78. The zero-order chi connectivity index (χ0) is 15.1. The normalized spacial score (nSPS) is 10.4. The molecule has 106 valence electrons. The second-order valence-corrected chi connectivity index (χ2v) is 3.97. The number of aromatic carboxylic acids is 1. The smallest absolute Gasteiger partial charge is 0.336 e. The van der Waals surface area contributed by atoms with Crippen molar-refractivity contribution < 1.29 is 29.3 Å². The van der Waals surface area contributed by atoms with E-state index in [1.807, 2.05) is 0 Å². The van der Waals surface area contributed by atoms with Crippen LogP contribution in [0.15, 0.2) is 24.3 Å². The zero-order valence-electron chi connectivity index (χ0n) is 10.8. The Morgan fingerprint density at radius 2 is 1.95 bits per heavy atom. The van der Waals surface area contributed by atoms with Crippen LogP contribution in [0.3, 0.4) is 0 Å². The lowest BCUT2D eigenvalue weighted by atomic mass is 10.0. The van der Waals surface area contributed by atoms with Crippen LogP contribution in [0.25, 0.3) is 6.08 Å². The highest BCUT2D eigenvalue weighted by Crippen LogP contribution is 2.16. The summed E-state index contributed by atoms with van der Waals surface area (Å²) in [6.07, 6.45) is 2.64. The predicted octanol–water partition coefficient (Wildman–Crippen LogP) is 1.59. The maximum absolute atomic E-state index is 11.1. The fourth-order valence-corrected chi connectivity index (χ4v) is 1.61. The van der Waals surface area contributed by atoms with Crippen molar-refractivity contribution >= 4 is 24.0 Å². The van der Waals surface area contributed by atoms with E-state index in [1.54, 1.807) is 12.1 Å². The summed E-state index contributed by atoms with van der Waals surface area (Å²) in [5.41, 5.74) is 1.01. The van der Waals surface area contributed by atoms with E-state index in [-0.39, 0.29) is 23.5 Å². The molecule has 0 unspecified atom stereocenters. The number of benzene rings is 1. The topological polar surface area (TPSA) is 101 Å². The molecule has 0 bridgehead atoms. The molecule has 20 heavy (non-hydrogen) atoms. The first-order valence-corrected chi connectivity index (χ1v) is 5.78. The van der Waals surface area contributed by atoms with E-state index < -0.39 is 11.9 Å². The van der Waals surface area contributed by atoms with Gasteiger partial charge in [-0.05, 0) is 29.7 Å². The minimum Gasteiger partial charge on any atom is -0.478 e. The fourth-order valence-electron chi connectivity index (χ4n) is 1.61. The number of carboxylic acid groups (broad SMARTS) is 2. The second-order valence-electron chi connectivity index (χ2n) is 3.97. The molecule has 0 radical (unpaired) electrons. The van der Waals surface area contributed by atoms with Gasteiger partial charge in [-0.15, -0.1) is 0 Å². The zero-order valence-corrected chi connectivity index (χ0v) is 10.8. The van der Waals surface area contributed by atoms with Gasteiger partial charge < -0.3 is 14.9 Å². The molecule has 1 aromatic carbocycles. The lowest BCUT2D eigenvalue weighted by Gasteiger charge is -2.05. The van der Waals surface area contributed by atoms with Crippen LogP contribution in [-0.4, -0.2) is 35.2 Å². The fraction of sp³-hybridized carbons (Fsp3) is 0.214. The molecule has 0 aliphatic rings. The highest BCUT2D eigenvalue weighted by atomic mass is 16.5. The van der Waals surface area contributed by atoms with Crippen LogP contribution in [0, 0.1) is 0 Å². The summed E-state index contributed by atoms with van der Waals surface area (Å²) in [6.45, 7) is 0. The average Bonchev–Trinajstić information content (AvgIpc) is 2.42. The van der Waals surface area contributed by atoms with Crippen LogP contribution in [0.5, 0.6) is 0 Å². The Bertz CT molecular complexity index is 559. The molecule has 0 atom stereocenters. The van der Waals surface area contributed by atoms with Gasteiger partial charge in [0.2, 0.25) is 0 Å². The van der Waals surface area contributed by atoms with Gasteiger partial charge in [0, 0.05) is 12.5 Å². The molecule has 1 rings (SSSR count). The van der Waals surface area contributed by atoms with E-state index in [4.69, 9.17) is 10.2 Å². The number of aryl methyl sites for hydroxylation is 1. The molecule has 6 nitrogen and oxygen atoms in total. The van der Waals surface area contributed by atoms with E-state index in [1.165, 1.54) is 19.3 Å². The third kappa shape index (κ3) is 4.56. The summed E-state index contributed by atoms with van der Waals surface area (Å²) in [5, 5.41) is 17.6. The van der Waals surface area contributed by atoms with Crippen LogP contribution in [-0.2, 0) is 20.7 Å². The molecule has 0 aliphatic carbocycles. The summed E-state index contributed by atoms with van der Waals surface area (Å²) in [7, 11) is 1.29. The van der Waals surface area contributed by atoms with Gasteiger partial charge in [-0.3, -0.25) is 4.79 Å². The number of ether oxygens (including phenoxy) is 1. The number of carbonyl (C=O) groups excluding carboxylic acids is 1. The highest BCUT2D eigenvalue weighted by Gasteiger charge is 2.10. The minimum absolute atomic E-state index is 0.00400. The number of hydrogen-bond acceptors (Lipinski definition) is 4. The number of carboxylic acids is 2. The number of methoxy groups -OCH3 is 1. The van der Waals surface area contributed by atoms with E-state index in [9.17, 15) is 14.4 Å². The van der Waals surface area contributed by atoms with Crippen molar-refractivity contribution in [2.24, 2.45) is 0 Å². The maximum atomic E-state index is 11.1. The van der Waals surface area contributed by atoms with Gasteiger partial charge >= 0.3 is 17.9 Å². The van der Waals surface area contributed by atoms with Crippen molar-refractivity contribution in [2.75, 3.05) is 7.11 Å². The SMILES string of the molecule is COC(=O)CCc1ccc(C(=O)O)c(C=CC(=O)O)c1. The molecule has 0 fully saturated rings. The van der Waals surface area contributed by atoms with E-state index >= 15 is 0 Å². The molecule has 6 heteroatoms. The van der Waals surface area contributed by atoms with Crippen molar-refractivity contribution in [1.29, 1.82) is 0 Å². The van der Waals surface area contributed by atoms with Crippen LogP contribution in [0.2, 0.25) is 0 Å². The van der Waals surface area contributed by atoms with Crippen LogP contribution in [0.1, 0.15) is 27.9 Å². The Labute approximate surface area is 115 Å². The second kappa shape index (κ2) is 7.08. The average molecular weight is 278 g/mol. The van der Waals surface area contributed by atoms with Crippen molar-refractivity contribution in [2.45, 2.75) is 12.8 Å². The molecule has 0 aliphatic heterocycles. The summed E-state index contributed by atoms with van der Waals surface area (Å²) < 4.78 is 4.52. The summed E-state index contributed by atoms with van der Waals surface area (Å²) in [4.78, 5) is 32.6. The molecule has 0 spiro atoms. The van der Waals surface area contributed by atoms with Gasteiger partial charge in [-0.25, -0.2) is 9.59 Å². The molecular weight excluding hydrogens is 264 g/mol. The van der Waals surface area contributed by atoms with Gasteiger partial charge in [-0.1, -0.05) is 12.1 Å². The van der Waals surface area contributed by atoms with Crippen molar-refractivity contribution in [3.8, 4) is 0 Å². The minimum atomic E-state index is -1.17. The van der Waals surface area contributed by atoms with Crippen molar-refractivity contribution in [3.05, 3.63) is 41.0 Å². The molecule has 2 N–H and O–H groups in total. The number of aliphatic carboxylic acids is 1. The molecule has 0 aromatic heterocycles. The van der Waals surface area contributed by atoms with Gasteiger partial charge in [0.05, 0.1) is 12.7 Å². The Morgan fingerprint density at radius 3 is 2.50 bits per heavy atom. The summed E-state index contributed by atoms with van der Waals surface area (Å²) >= 11 is 0. The highest BCUT2D eigenvalue weighted by molar-refractivity contribution is 5.94. The van der Waals surface area contributed by atoms with E-state index in [0.717, 1.165) is 11.6 Å². The molecule has 1 aromatic rings. The Morgan fingerprint density at radius 1 is 1.25 bits per heavy atom. The van der Waals surface area contributed by atoms with Crippen molar-refractivity contribution in [1.82, 2.24) is 0 Å². The first kappa shape index (κ1) is 15.4.